The van der Waals surface area contributed by atoms with Crippen molar-refractivity contribution < 1.29 is 22.8 Å². The van der Waals surface area contributed by atoms with Crippen molar-refractivity contribution in [1.82, 2.24) is 0 Å². The second kappa shape index (κ2) is 7.16. The van der Waals surface area contributed by atoms with Crippen LogP contribution in [0.4, 0.5) is 24.5 Å². The monoisotopic (exact) mass is 332 g/mol. The lowest BCUT2D eigenvalue weighted by Crippen LogP contribution is -2.38. The average molecular weight is 332 g/mol. The number of benzene rings is 1. The van der Waals surface area contributed by atoms with E-state index in [0.29, 0.717) is 32.4 Å². The van der Waals surface area contributed by atoms with Crippen molar-refractivity contribution in [2.45, 2.75) is 25.9 Å². The quantitative estimate of drug-likeness (QED) is 0.607. The number of hydrogen-bond donors (Lipinski definition) is 0. The average Bonchev–Trinajstić information content (AvgIpc) is 2.51. The fourth-order valence-electron chi connectivity index (χ4n) is 2.84. The SMILES string of the molecule is CCOCC1CCCN(c2ccc([N+](=O)[O-])cc2C(F)(F)F)C1. The molecule has 8 heteroatoms. The maximum absolute atomic E-state index is 13.3. The number of nitro groups is 1. The number of nitro benzene ring substituents is 1. The predicted octanol–water partition coefficient (Wildman–Crippen LogP) is 3.87. The topological polar surface area (TPSA) is 55.6 Å². The zero-order valence-electron chi connectivity index (χ0n) is 12.8. The largest absolute Gasteiger partial charge is 0.418 e. The summed E-state index contributed by atoms with van der Waals surface area (Å²) in [5.74, 6) is 0.167. The van der Waals surface area contributed by atoms with Gasteiger partial charge in [-0.25, -0.2) is 0 Å². The summed E-state index contributed by atoms with van der Waals surface area (Å²) in [6, 6.07) is 2.93. The number of rotatable bonds is 5. The number of anilines is 1. The maximum atomic E-state index is 13.3. The second-order valence-electron chi connectivity index (χ2n) is 5.57. The normalized spacial score (nSPS) is 19.0. The Morgan fingerprint density at radius 3 is 2.78 bits per heavy atom. The van der Waals surface area contributed by atoms with E-state index < -0.39 is 22.4 Å². The predicted molar refractivity (Wildman–Crippen MR) is 79.5 cm³/mol. The van der Waals surface area contributed by atoms with E-state index in [9.17, 15) is 23.3 Å². The van der Waals surface area contributed by atoms with Crippen LogP contribution in [-0.4, -0.2) is 31.2 Å². The number of nitrogens with zero attached hydrogens (tertiary/aromatic N) is 2. The molecule has 1 aromatic rings. The minimum absolute atomic E-state index is 0.00398. The van der Waals surface area contributed by atoms with E-state index in [0.717, 1.165) is 18.9 Å². The van der Waals surface area contributed by atoms with Crippen LogP contribution in [-0.2, 0) is 10.9 Å². The van der Waals surface area contributed by atoms with Crippen LogP contribution in [0.25, 0.3) is 0 Å². The molecule has 5 nitrogen and oxygen atoms in total. The van der Waals surface area contributed by atoms with Crippen molar-refractivity contribution in [3.63, 3.8) is 0 Å². The van der Waals surface area contributed by atoms with Gasteiger partial charge in [0.1, 0.15) is 0 Å². The third-order valence-corrected chi connectivity index (χ3v) is 3.91. The lowest BCUT2D eigenvalue weighted by Gasteiger charge is -2.35. The van der Waals surface area contributed by atoms with Crippen molar-refractivity contribution in [2.75, 3.05) is 31.2 Å². The molecule has 1 aliphatic rings. The lowest BCUT2D eigenvalue weighted by molar-refractivity contribution is -0.385. The van der Waals surface area contributed by atoms with Gasteiger partial charge in [0.2, 0.25) is 0 Å². The molecule has 1 unspecified atom stereocenters. The minimum Gasteiger partial charge on any atom is -0.381 e. The molecule has 2 rings (SSSR count). The molecular weight excluding hydrogens is 313 g/mol. The highest BCUT2D eigenvalue weighted by atomic mass is 19.4. The first-order valence-electron chi connectivity index (χ1n) is 7.51. The molecular formula is C15H19F3N2O3. The molecule has 0 amide bonds. The van der Waals surface area contributed by atoms with Gasteiger partial charge in [-0.3, -0.25) is 10.1 Å². The summed E-state index contributed by atoms with van der Waals surface area (Å²) in [5, 5.41) is 10.7. The van der Waals surface area contributed by atoms with Crippen LogP contribution >= 0.6 is 0 Å². The first-order chi connectivity index (χ1) is 10.8. The molecule has 0 N–H and O–H groups in total. The fraction of sp³-hybridized carbons (Fsp3) is 0.600. The van der Waals surface area contributed by atoms with Crippen molar-refractivity contribution >= 4 is 11.4 Å². The Balaban J connectivity index is 2.28. The smallest absolute Gasteiger partial charge is 0.381 e. The van der Waals surface area contributed by atoms with Gasteiger partial charge in [0, 0.05) is 37.5 Å². The second-order valence-corrected chi connectivity index (χ2v) is 5.57. The fourth-order valence-corrected chi connectivity index (χ4v) is 2.84. The van der Waals surface area contributed by atoms with E-state index in [1.54, 1.807) is 4.90 Å². The molecule has 0 bridgehead atoms. The molecule has 0 aliphatic carbocycles. The minimum atomic E-state index is -4.63. The zero-order valence-corrected chi connectivity index (χ0v) is 12.8. The van der Waals surface area contributed by atoms with Gasteiger partial charge >= 0.3 is 6.18 Å². The highest BCUT2D eigenvalue weighted by Crippen LogP contribution is 2.39. The van der Waals surface area contributed by atoms with Gasteiger partial charge in [-0.2, -0.15) is 13.2 Å². The summed E-state index contributed by atoms with van der Waals surface area (Å²) in [5.41, 5.74) is -1.50. The first-order valence-corrected chi connectivity index (χ1v) is 7.51. The van der Waals surface area contributed by atoms with Crippen molar-refractivity contribution in [3.05, 3.63) is 33.9 Å². The third kappa shape index (κ3) is 4.34. The van der Waals surface area contributed by atoms with Crippen LogP contribution in [0.2, 0.25) is 0 Å². The summed E-state index contributed by atoms with van der Waals surface area (Å²) in [6.45, 7) is 3.92. The molecule has 0 saturated carbocycles. The van der Waals surface area contributed by atoms with Crippen LogP contribution in [0.5, 0.6) is 0 Å². The molecule has 0 aromatic heterocycles. The van der Waals surface area contributed by atoms with Gasteiger partial charge in [0.05, 0.1) is 17.1 Å². The molecule has 0 spiro atoms. The highest BCUT2D eigenvalue weighted by Gasteiger charge is 2.37. The standard InChI is InChI=1S/C15H19F3N2O3/c1-2-23-10-11-4-3-7-19(9-11)14-6-5-12(20(21)22)8-13(14)15(16,17)18/h5-6,8,11H,2-4,7,9-10H2,1H3. The first kappa shape index (κ1) is 17.5. The molecule has 128 valence electrons. The highest BCUT2D eigenvalue weighted by molar-refractivity contribution is 5.59. The summed E-state index contributed by atoms with van der Waals surface area (Å²) in [6.07, 6.45) is -2.95. The van der Waals surface area contributed by atoms with Crippen LogP contribution in [0, 0.1) is 16.0 Å². The van der Waals surface area contributed by atoms with E-state index in [-0.39, 0.29) is 11.6 Å². The van der Waals surface area contributed by atoms with Gasteiger partial charge in [-0.1, -0.05) is 0 Å². The number of alkyl halides is 3. The number of piperidine rings is 1. The molecule has 1 atom stereocenters. The maximum Gasteiger partial charge on any atom is 0.418 e. The van der Waals surface area contributed by atoms with E-state index in [1.807, 2.05) is 6.92 Å². The zero-order chi connectivity index (χ0) is 17.0. The van der Waals surface area contributed by atoms with Crippen LogP contribution in [0.3, 0.4) is 0 Å². The van der Waals surface area contributed by atoms with E-state index in [2.05, 4.69) is 0 Å². The Morgan fingerprint density at radius 1 is 1.43 bits per heavy atom. The number of ether oxygens (including phenoxy) is 1. The van der Waals surface area contributed by atoms with Crippen LogP contribution in [0.15, 0.2) is 18.2 Å². The Bertz CT molecular complexity index is 563. The van der Waals surface area contributed by atoms with Crippen molar-refractivity contribution in [1.29, 1.82) is 0 Å². The number of halogens is 3. The van der Waals surface area contributed by atoms with Gasteiger partial charge < -0.3 is 9.64 Å². The van der Waals surface area contributed by atoms with Gasteiger partial charge in [-0.15, -0.1) is 0 Å². The Hall–Kier alpha value is -1.83. The van der Waals surface area contributed by atoms with Gasteiger partial charge in [0.25, 0.3) is 5.69 Å². The van der Waals surface area contributed by atoms with Crippen molar-refractivity contribution in [2.24, 2.45) is 5.92 Å². The molecule has 0 radical (unpaired) electrons. The van der Waals surface area contributed by atoms with Crippen LogP contribution in [0.1, 0.15) is 25.3 Å². The Kier molecular flexibility index (Phi) is 5.46. The Labute approximate surface area is 132 Å². The summed E-state index contributed by atoms with van der Waals surface area (Å²) in [4.78, 5) is 11.6. The van der Waals surface area contributed by atoms with Gasteiger partial charge in [0.15, 0.2) is 0 Å². The summed E-state index contributed by atoms with van der Waals surface area (Å²) in [7, 11) is 0. The number of non-ortho nitro benzene ring substituents is 1. The molecule has 1 aromatic carbocycles. The van der Waals surface area contributed by atoms with E-state index in [4.69, 9.17) is 4.74 Å². The van der Waals surface area contributed by atoms with Crippen molar-refractivity contribution in [3.8, 4) is 0 Å². The summed E-state index contributed by atoms with van der Waals surface area (Å²) < 4.78 is 45.2. The number of hydrogen-bond acceptors (Lipinski definition) is 4. The lowest BCUT2D eigenvalue weighted by atomic mass is 9.97. The third-order valence-electron chi connectivity index (χ3n) is 3.91. The van der Waals surface area contributed by atoms with E-state index >= 15 is 0 Å². The van der Waals surface area contributed by atoms with E-state index in [1.165, 1.54) is 6.07 Å². The molecule has 23 heavy (non-hydrogen) atoms. The van der Waals surface area contributed by atoms with Gasteiger partial charge in [-0.05, 0) is 31.7 Å². The molecule has 1 fully saturated rings. The molecule has 1 heterocycles. The van der Waals surface area contributed by atoms with Crippen LogP contribution < -0.4 is 4.90 Å². The molecule has 1 aliphatic heterocycles. The summed E-state index contributed by atoms with van der Waals surface area (Å²) >= 11 is 0. The Morgan fingerprint density at radius 2 is 2.17 bits per heavy atom. The molecule has 1 saturated heterocycles.